The van der Waals surface area contributed by atoms with Crippen LogP contribution in [0.3, 0.4) is 0 Å². The zero-order valence-electron chi connectivity index (χ0n) is 12.9. The lowest BCUT2D eigenvalue weighted by atomic mass is 9.97. The molecule has 1 aromatic heterocycles. The zero-order chi connectivity index (χ0) is 16.1. The molecular weight excluding hydrogens is 314 g/mol. The first-order valence-electron chi connectivity index (χ1n) is 7.82. The van der Waals surface area contributed by atoms with Gasteiger partial charge in [0, 0.05) is 37.1 Å². The molecule has 0 saturated carbocycles. The molecule has 1 aliphatic rings. The van der Waals surface area contributed by atoms with Crippen LogP contribution in [0, 0.1) is 5.92 Å². The van der Waals surface area contributed by atoms with Gasteiger partial charge >= 0.3 is 0 Å². The smallest absolute Gasteiger partial charge is 0.260 e. The summed E-state index contributed by atoms with van der Waals surface area (Å²) >= 11 is 5.82. The zero-order valence-corrected chi connectivity index (χ0v) is 13.7. The number of nitrogens with zero attached hydrogens (tertiary/aromatic N) is 3. The average molecular weight is 334 g/mol. The molecule has 1 aromatic carbocycles. The van der Waals surface area contributed by atoms with Gasteiger partial charge in [0.1, 0.15) is 5.75 Å². The van der Waals surface area contributed by atoms with Crippen LogP contribution in [0.15, 0.2) is 43.0 Å². The van der Waals surface area contributed by atoms with Gasteiger partial charge < -0.3 is 14.2 Å². The van der Waals surface area contributed by atoms with Gasteiger partial charge in [-0.15, -0.1) is 0 Å². The number of hydrogen-bond acceptors (Lipinski definition) is 3. The monoisotopic (exact) mass is 333 g/mol. The van der Waals surface area contributed by atoms with Gasteiger partial charge in [0.25, 0.3) is 5.91 Å². The minimum atomic E-state index is 0.0426. The van der Waals surface area contributed by atoms with Crippen LogP contribution in [0.4, 0.5) is 0 Å². The maximum Gasteiger partial charge on any atom is 0.260 e. The van der Waals surface area contributed by atoms with Crippen molar-refractivity contribution in [3.8, 4) is 5.75 Å². The molecule has 1 aliphatic heterocycles. The Balaban J connectivity index is 1.42. The highest BCUT2D eigenvalue weighted by molar-refractivity contribution is 6.30. The van der Waals surface area contributed by atoms with Crippen molar-refractivity contribution >= 4 is 17.5 Å². The quantitative estimate of drug-likeness (QED) is 0.845. The summed E-state index contributed by atoms with van der Waals surface area (Å²) in [6.45, 7) is 2.64. The SMILES string of the molecule is O=C(COc1ccc(Cl)cc1)N1CCC(Cn2ccnc2)CC1. The Bertz CT molecular complexity index is 620. The molecule has 1 amide bonds. The maximum absolute atomic E-state index is 12.2. The van der Waals surface area contributed by atoms with Crippen LogP contribution in [0.2, 0.25) is 5.02 Å². The molecule has 3 rings (SSSR count). The van der Waals surface area contributed by atoms with Gasteiger partial charge in [-0.3, -0.25) is 4.79 Å². The van der Waals surface area contributed by atoms with Crippen molar-refractivity contribution in [1.29, 1.82) is 0 Å². The van der Waals surface area contributed by atoms with Gasteiger partial charge in [0.2, 0.25) is 0 Å². The molecular formula is C17H20ClN3O2. The summed E-state index contributed by atoms with van der Waals surface area (Å²) in [5, 5.41) is 0.656. The van der Waals surface area contributed by atoms with E-state index in [9.17, 15) is 4.79 Å². The molecule has 2 aromatic rings. The number of carbonyl (C=O) groups is 1. The third-order valence-electron chi connectivity index (χ3n) is 4.17. The number of halogens is 1. The molecule has 6 heteroatoms. The fourth-order valence-electron chi connectivity index (χ4n) is 2.82. The number of aromatic nitrogens is 2. The second-order valence-corrected chi connectivity index (χ2v) is 6.26. The van der Waals surface area contributed by atoms with E-state index >= 15 is 0 Å². The summed E-state index contributed by atoms with van der Waals surface area (Å²) in [4.78, 5) is 18.2. The van der Waals surface area contributed by atoms with Gasteiger partial charge in [-0.25, -0.2) is 4.98 Å². The first kappa shape index (κ1) is 15.9. The van der Waals surface area contributed by atoms with Gasteiger partial charge in [-0.05, 0) is 43.0 Å². The predicted molar refractivity (Wildman–Crippen MR) is 88.5 cm³/mol. The van der Waals surface area contributed by atoms with E-state index in [0.717, 1.165) is 32.5 Å². The van der Waals surface area contributed by atoms with Crippen LogP contribution < -0.4 is 4.74 Å². The number of piperidine rings is 1. The Morgan fingerprint density at radius 2 is 2.00 bits per heavy atom. The molecule has 0 radical (unpaired) electrons. The number of likely N-dealkylation sites (tertiary alicyclic amines) is 1. The normalized spacial score (nSPS) is 15.6. The van der Waals surface area contributed by atoms with Gasteiger partial charge in [0.05, 0.1) is 6.33 Å². The Morgan fingerprint density at radius 3 is 2.65 bits per heavy atom. The van der Waals surface area contributed by atoms with E-state index < -0.39 is 0 Å². The van der Waals surface area contributed by atoms with Crippen molar-refractivity contribution in [2.24, 2.45) is 5.92 Å². The third-order valence-corrected chi connectivity index (χ3v) is 4.42. The Kier molecular flexibility index (Phi) is 5.18. The van der Waals surface area contributed by atoms with Crippen LogP contribution in [0.1, 0.15) is 12.8 Å². The molecule has 122 valence electrons. The molecule has 23 heavy (non-hydrogen) atoms. The van der Waals surface area contributed by atoms with Gasteiger partial charge in [0.15, 0.2) is 6.61 Å². The van der Waals surface area contributed by atoms with E-state index in [0.29, 0.717) is 16.7 Å². The third kappa shape index (κ3) is 4.48. The van der Waals surface area contributed by atoms with Crippen molar-refractivity contribution in [3.63, 3.8) is 0 Å². The molecule has 0 unspecified atom stereocenters. The van der Waals surface area contributed by atoms with E-state index in [-0.39, 0.29) is 12.5 Å². The van der Waals surface area contributed by atoms with Crippen LogP contribution in [-0.4, -0.2) is 40.1 Å². The fraction of sp³-hybridized carbons (Fsp3) is 0.412. The lowest BCUT2D eigenvalue weighted by molar-refractivity contribution is -0.134. The van der Waals surface area contributed by atoms with E-state index in [2.05, 4.69) is 9.55 Å². The molecule has 5 nitrogen and oxygen atoms in total. The Morgan fingerprint density at radius 1 is 1.26 bits per heavy atom. The number of imidazole rings is 1. The molecule has 0 N–H and O–H groups in total. The summed E-state index contributed by atoms with van der Waals surface area (Å²) in [5.74, 6) is 1.31. The van der Waals surface area contributed by atoms with E-state index in [1.165, 1.54) is 0 Å². The lowest BCUT2D eigenvalue weighted by Crippen LogP contribution is -2.41. The average Bonchev–Trinajstić information content (AvgIpc) is 3.08. The number of carbonyl (C=O) groups excluding carboxylic acids is 1. The Hall–Kier alpha value is -2.01. The summed E-state index contributed by atoms with van der Waals surface area (Å²) in [6, 6.07) is 7.05. The number of amides is 1. The number of ether oxygens (including phenoxy) is 1. The van der Waals surface area contributed by atoms with Gasteiger partial charge in [-0.1, -0.05) is 11.6 Å². The second-order valence-electron chi connectivity index (χ2n) is 5.83. The number of rotatable bonds is 5. The van der Waals surface area contributed by atoms with E-state index in [1.807, 2.05) is 17.4 Å². The van der Waals surface area contributed by atoms with Crippen molar-refractivity contribution in [3.05, 3.63) is 48.0 Å². The topological polar surface area (TPSA) is 47.4 Å². The van der Waals surface area contributed by atoms with Crippen molar-refractivity contribution in [2.75, 3.05) is 19.7 Å². The molecule has 0 aliphatic carbocycles. The largest absolute Gasteiger partial charge is 0.484 e. The minimum Gasteiger partial charge on any atom is -0.484 e. The van der Waals surface area contributed by atoms with Gasteiger partial charge in [-0.2, -0.15) is 0 Å². The lowest BCUT2D eigenvalue weighted by Gasteiger charge is -2.32. The van der Waals surface area contributed by atoms with E-state index in [1.54, 1.807) is 30.5 Å². The molecule has 2 heterocycles. The van der Waals surface area contributed by atoms with E-state index in [4.69, 9.17) is 16.3 Å². The number of hydrogen-bond donors (Lipinski definition) is 0. The Labute approximate surface area is 140 Å². The highest BCUT2D eigenvalue weighted by atomic mass is 35.5. The second kappa shape index (κ2) is 7.51. The molecule has 0 spiro atoms. The van der Waals surface area contributed by atoms with Crippen molar-refractivity contribution in [2.45, 2.75) is 19.4 Å². The van der Waals surface area contributed by atoms with Crippen molar-refractivity contribution in [1.82, 2.24) is 14.5 Å². The minimum absolute atomic E-state index is 0.0426. The van der Waals surface area contributed by atoms with Crippen LogP contribution in [-0.2, 0) is 11.3 Å². The molecule has 0 bridgehead atoms. The van der Waals surface area contributed by atoms with Crippen molar-refractivity contribution < 1.29 is 9.53 Å². The number of benzene rings is 1. The summed E-state index contributed by atoms with van der Waals surface area (Å²) in [7, 11) is 0. The summed E-state index contributed by atoms with van der Waals surface area (Å²) in [5.41, 5.74) is 0. The first-order chi connectivity index (χ1) is 11.2. The first-order valence-corrected chi connectivity index (χ1v) is 8.20. The standard InChI is InChI=1S/C17H20ClN3O2/c18-15-1-3-16(4-2-15)23-12-17(22)21-8-5-14(6-9-21)11-20-10-7-19-13-20/h1-4,7,10,13-14H,5-6,8-9,11-12H2. The maximum atomic E-state index is 12.2. The molecule has 1 saturated heterocycles. The molecule has 1 fully saturated rings. The van der Waals surface area contributed by atoms with Crippen LogP contribution in [0.5, 0.6) is 5.75 Å². The highest BCUT2D eigenvalue weighted by Crippen LogP contribution is 2.20. The summed E-state index contributed by atoms with van der Waals surface area (Å²) in [6.07, 6.45) is 7.66. The van der Waals surface area contributed by atoms with Crippen LogP contribution in [0.25, 0.3) is 0 Å². The van der Waals surface area contributed by atoms with Crippen LogP contribution >= 0.6 is 11.6 Å². The molecule has 0 atom stereocenters. The highest BCUT2D eigenvalue weighted by Gasteiger charge is 2.23. The fourth-order valence-corrected chi connectivity index (χ4v) is 2.95. The summed E-state index contributed by atoms with van der Waals surface area (Å²) < 4.78 is 7.63. The predicted octanol–water partition coefficient (Wildman–Crippen LogP) is 2.85.